The lowest BCUT2D eigenvalue weighted by molar-refractivity contribution is -0.119. The van der Waals surface area contributed by atoms with Crippen molar-refractivity contribution >= 4 is 35.7 Å². The molecule has 3 N–H and O–H groups in total. The highest BCUT2D eigenvalue weighted by Crippen LogP contribution is 2.22. The Morgan fingerprint density at radius 1 is 1.32 bits per heavy atom. The van der Waals surface area contributed by atoms with Crippen molar-refractivity contribution in [1.29, 1.82) is 0 Å². The smallest absolute Gasteiger partial charge is 0.321 e. The van der Waals surface area contributed by atoms with E-state index in [9.17, 15) is 9.59 Å². The number of anilines is 2. The minimum Gasteiger partial charge on any atom is -0.338 e. The topological polar surface area (TPSA) is 73.5 Å². The molecule has 6 nitrogen and oxygen atoms in total. The van der Waals surface area contributed by atoms with Crippen molar-refractivity contribution < 1.29 is 9.59 Å². The van der Waals surface area contributed by atoms with E-state index in [4.69, 9.17) is 0 Å². The van der Waals surface area contributed by atoms with E-state index in [0.717, 1.165) is 43.9 Å². The lowest BCUT2D eigenvalue weighted by atomic mass is 10.1. The standard InChI is InChI=1S/C15H20N4O2.ClH/c20-14(11-5-7-16-10-11)18-12-3-1-4-13(9-12)19-8-2-6-17-15(19)21;/h1,3-4,9,11,16H,2,5-8,10H2,(H,17,21)(H,18,20);1H. The van der Waals surface area contributed by atoms with Gasteiger partial charge >= 0.3 is 6.03 Å². The lowest BCUT2D eigenvalue weighted by Gasteiger charge is -2.27. The predicted molar refractivity (Wildman–Crippen MR) is 88.7 cm³/mol. The van der Waals surface area contributed by atoms with Gasteiger partial charge in [-0.15, -0.1) is 12.4 Å². The maximum absolute atomic E-state index is 12.1. The highest BCUT2D eigenvalue weighted by Gasteiger charge is 2.23. The average Bonchev–Trinajstić information content (AvgIpc) is 3.02. The fourth-order valence-electron chi connectivity index (χ4n) is 2.75. The van der Waals surface area contributed by atoms with Crippen molar-refractivity contribution in [2.24, 2.45) is 5.92 Å². The molecule has 1 unspecified atom stereocenters. The zero-order chi connectivity index (χ0) is 14.7. The van der Waals surface area contributed by atoms with Crippen molar-refractivity contribution in [3.8, 4) is 0 Å². The van der Waals surface area contributed by atoms with Gasteiger partial charge in [-0.1, -0.05) is 6.07 Å². The van der Waals surface area contributed by atoms with E-state index in [2.05, 4.69) is 16.0 Å². The Bertz CT molecular complexity index is 546. The molecule has 2 aliphatic heterocycles. The van der Waals surface area contributed by atoms with Crippen LogP contribution in [0.2, 0.25) is 0 Å². The summed E-state index contributed by atoms with van der Waals surface area (Å²) in [4.78, 5) is 25.7. The Morgan fingerprint density at radius 2 is 2.18 bits per heavy atom. The van der Waals surface area contributed by atoms with Crippen LogP contribution in [-0.4, -0.2) is 38.1 Å². The second-order valence-electron chi connectivity index (χ2n) is 5.47. The van der Waals surface area contributed by atoms with Gasteiger partial charge in [0.2, 0.25) is 5.91 Å². The Morgan fingerprint density at radius 3 is 2.91 bits per heavy atom. The lowest BCUT2D eigenvalue weighted by Crippen LogP contribution is -2.46. The molecule has 0 radical (unpaired) electrons. The minimum atomic E-state index is -0.0790. The highest BCUT2D eigenvalue weighted by molar-refractivity contribution is 5.96. The number of halogens is 1. The number of amides is 3. The van der Waals surface area contributed by atoms with Gasteiger partial charge in [0, 0.05) is 31.0 Å². The van der Waals surface area contributed by atoms with Crippen LogP contribution in [0.4, 0.5) is 16.2 Å². The van der Waals surface area contributed by atoms with Crippen LogP contribution in [-0.2, 0) is 4.79 Å². The highest BCUT2D eigenvalue weighted by atomic mass is 35.5. The summed E-state index contributed by atoms with van der Waals surface area (Å²) in [5.74, 6) is 0.0761. The molecule has 0 spiro atoms. The summed E-state index contributed by atoms with van der Waals surface area (Å²) in [6, 6.07) is 7.37. The van der Waals surface area contributed by atoms with Gasteiger partial charge in [-0.25, -0.2) is 4.79 Å². The Kier molecular flexibility index (Phi) is 5.63. The van der Waals surface area contributed by atoms with Crippen molar-refractivity contribution in [2.75, 3.05) is 36.4 Å². The van der Waals surface area contributed by atoms with Crippen molar-refractivity contribution in [3.63, 3.8) is 0 Å². The SMILES string of the molecule is Cl.O=C(Nc1cccc(N2CCCNC2=O)c1)C1CCNC1. The number of hydrogen-bond acceptors (Lipinski definition) is 3. The van der Waals surface area contributed by atoms with Crippen molar-refractivity contribution in [3.05, 3.63) is 24.3 Å². The number of nitrogens with zero attached hydrogens (tertiary/aromatic N) is 1. The molecule has 0 saturated carbocycles. The van der Waals surface area contributed by atoms with Crippen LogP contribution in [0.5, 0.6) is 0 Å². The minimum absolute atomic E-state index is 0. The molecular formula is C15H21ClN4O2. The van der Waals surface area contributed by atoms with Crippen molar-refractivity contribution in [2.45, 2.75) is 12.8 Å². The quantitative estimate of drug-likeness (QED) is 0.790. The molecule has 2 aliphatic rings. The number of carbonyl (C=O) groups excluding carboxylic acids is 2. The van der Waals surface area contributed by atoms with Gasteiger partial charge < -0.3 is 16.0 Å². The molecule has 1 aromatic rings. The fourth-order valence-corrected chi connectivity index (χ4v) is 2.75. The monoisotopic (exact) mass is 324 g/mol. The van der Waals surface area contributed by atoms with Crippen LogP contribution in [0, 0.1) is 5.92 Å². The van der Waals surface area contributed by atoms with Crippen LogP contribution in [0.1, 0.15) is 12.8 Å². The Balaban J connectivity index is 0.00000176. The summed E-state index contributed by atoms with van der Waals surface area (Å²) < 4.78 is 0. The first-order chi connectivity index (χ1) is 10.2. The van der Waals surface area contributed by atoms with Gasteiger partial charge in [-0.05, 0) is 37.6 Å². The number of carbonyl (C=O) groups is 2. The van der Waals surface area contributed by atoms with E-state index in [-0.39, 0.29) is 30.3 Å². The molecule has 1 aromatic carbocycles. The van der Waals surface area contributed by atoms with E-state index < -0.39 is 0 Å². The van der Waals surface area contributed by atoms with Gasteiger partial charge in [-0.2, -0.15) is 0 Å². The first kappa shape index (κ1) is 16.6. The van der Waals surface area contributed by atoms with Gasteiger partial charge in [0.15, 0.2) is 0 Å². The molecule has 22 heavy (non-hydrogen) atoms. The number of nitrogens with one attached hydrogen (secondary N) is 3. The number of rotatable bonds is 3. The molecule has 1 atom stereocenters. The largest absolute Gasteiger partial charge is 0.338 e. The number of benzene rings is 1. The van der Waals surface area contributed by atoms with Gasteiger partial charge in [0.25, 0.3) is 0 Å². The molecule has 2 saturated heterocycles. The van der Waals surface area contributed by atoms with E-state index in [1.165, 1.54) is 0 Å². The van der Waals surface area contributed by atoms with E-state index in [0.29, 0.717) is 6.54 Å². The molecular weight excluding hydrogens is 304 g/mol. The second-order valence-corrected chi connectivity index (χ2v) is 5.47. The molecule has 3 amide bonds. The molecule has 0 aromatic heterocycles. The first-order valence-corrected chi connectivity index (χ1v) is 7.41. The zero-order valence-corrected chi connectivity index (χ0v) is 13.1. The summed E-state index contributed by atoms with van der Waals surface area (Å²) in [5.41, 5.74) is 1.55. The summed E-state index contributed by atoms with van der Waals surface area (Å²) in [6.45, 7) is 3.06. The second kappa shape index (κ2) is 7.47. The molecule has 3 rings (SSSR count). The van der Waals surface area contributed by atoms with E-state index >= 15 is 0 Å². The van der Waals surface area contributed by atoms with Crippen LogP contribution < -0.4 is 20.9 Å². The number of hydrogen-bond donors (Lipinski definition) is 3. The summed E-state index contributed by atoms with van der Waals surface area (Å²) in [7, 11) is 0. The maximum atomic E-state index is 12.1. The molecule has 0 aliphatic carbocycles. The number of urea groups is 1. The van der Waals surface area contributed by atoms with Crippen LogP contribution >= 0.6 is 12.4 Å². The molecule has 7 heteroatoms. The molecule has 2 fully saturated rings. The van der Waals surface area contributed by atoms with Gasteiger partial charge in [0.1, 0.15) is 0 Å². The van der Waals surface area contributed by atoms with E-state index in [1.54, 1.807) is 4.90 Å². The van der Waals surface area contributed by atoms with Gasteiger partial charge in [0.05, 0.1) is 5.92 Å². The maximum Gasteiger partial charge on any atom is 0.321 e. The summed E-state index contributed by atoms with van der Waals surface area (Å²) in [5, 5.41) is 8.95. The molecule has 2 heterocycles. The van der Waals surface area contributed by atoms with Crippen LogP contribution in [0.3, 0.4) is 0 Å². The Hall–Kier alpha value is -1.79. The first-order valence-electron chi connectivity index (χ1n) is 7.41. The zero-order valence-electron chi connectivity index (χ0n) is 12.3. The van der Waals surface area contributed by atoms with E-state index in [1.807, 2.05) is 24.3 Å². The fraction of sp³-hybridized carbons (Fsp3) is 0.467. The third-order valence-corrected chi connectivity index (χ3v) is 3.94. The average molecular weight is 325 g/mol. The van der Waals surface area contributed by atoms with Crippen LogP contribution in [0.25, 0.3) is 0 Å². The summed E-state index contributed by atoms with van der Waals surface area (Å²) >= 11 is 0. The summed E-state index contributed by atoms with van der Waals surface area (Å²) in [6.07, 6.45) is 1.80. The third-order valence-electron chi connectivity index (χ3n) is 3.94. The molecule has 0 bridgehead atoms. The normalized spacial score (nSPS) is 21.0. The predicted octanol–water partition coefficient (Wildman–Crippen LogP) is 1.58. The Labute approximate surface area is 136 Å². The molecule has 120 valence electrons. The van der Waals surface area contributed by atoms with Crippen LogP contribution in [0.15, 0.2) is 24.3 Å². The third kappa shape index (κ3) is 3.69. The van der Waals surface area contributed by atoms with Crippen molar-refractivity contribution in [1.82, 2.24) is 10.6 Å². The van der Waals surface area contributed by atoms with Gasteiger partial charge in [-0.3, -0.25) is 9.69 Å².